The minimum absolute atomic E-state index is 0.522. The predicted molar refractivity (Wildman–Crippen MR) is 98.2 cm³/mol. The number of nitrogens with zero attached hydrogens (tertiary/aromatic N) is 1. The normalized spacial score (nSPS) is 10.9. The summed E-state index contributed by atoms with van der Waals surface area (Å²) >= 11 is 6.02. The molecule has 1 aromatic heterocycles. The fourth-order valence-electron chi connectivity index (χ4n) is 2.72. The number of fused-ring (bicyclic) bond motifs is 1. The van der Waals surface area contributed by atoms with E-state index < -0.39 is 0 Å². The molecule has 0 bridgehead atoms. The molecule has 0 spiro atoms. The molecule has 3 nitrogen and oxygen atoms in total. The fourth-order valence-corrected chi connectivity index (χ4v) is 2.91. The summed E-state index contributed by atoms with van der Waals surface area (Å²) in [5.41, 5.74) is 1.99. The van der Waals surface area contributed by atoms with Gasteiger partial charge in [0.05, 0.1) is 12.7 Å². The van der Waals surface area contributed by atoms with Gasteiger partial charge in [0.2, 0.25) is 5.89 Å². The van der Waals surface area contributed by atoms with E-state index >= 15 is 0 Å². The van der Waals surface area contributed by atoms with Crippen LogP contribution in [0.15, 0.2) is 77.3 Å². The zero-order chi connectivity index (χ0) is 16.4. The molecule has 0 amide bonds. The van der Waals surface area contributed by atoms with Gasteiger partial charge in [-0.25, -0.2) is 4.98 Å². The maximum Gasteiger partial charge on any atom is 0.214 e. The van der Waals surface area contributed by atoms with Gasteiger partial charge in [-0.05, 0) is 23.6 Å². The molecule has 0 saturated carbocycles. The Hall–Kier alpha value is -2.78. The Balaban J connectivity index is 1.54. The van der Waals surface area contributed by atoms with E-state index in [0.29, 0.717) is 23.2 Å². The van der Waals surface area contributed by atoms with Crippen LogP contribution in [0.1, 0.15) is 5.89 Å². The number of rotatable bonds is 4. The summed E-state index contributed by atoms with van der Waals surface area (Å²) in [7, 11) is 0. The average Bonchev–Trinajstić information content (AvgIpc) is 3.09. The van der Waals surface area contributed by atoms with Crippen molar-refractivity contribution in [3.8, 4) is 11.3 Å². The van der Waals surface area contributed by atoms with Gasteiger partial charge in [-0.3, -0.25) is 0 Å². The number of hydrogen-bond acceptors (Lipinski definition) is 3. The maximum absolute atomic E-state index is 6.02. The van der Waals surface area contributed by atoms with Crippen LogP contribution in [0.5, 0.6) is 0 Å². The summed E-state index contributed by atoms with van der Waals surface area (Å²) in [4.78, 5) is 4.35. The number of halogens is 1. The second kappa shape index (κ2) is 6.38. The van der Waals surface area contributed by atoms with E-state index in [1.165, 1.54) is 10.8 Å². The lowest BCUT2D eigenvalue weighted by Crippen LogP contribution is -1.99. The SMILES string of the molecule is Clc1cccc(-c2cnc(CNc3cccc4ccccc34)o2)c1. The second-order valence-corrected chi connectivity index (χ2v) is 5.95. The van der Waals surface area contributed by atoms with Crippen molar-refractivity contribution in [3.63, 3.8) is 0 Å². The smallest absolute Gasteiger partial charge is 0.214 e. The Morgan fingerprint density at radius 3 is 2.71 bits per heavy atom. The van der Waals surface area contributed by atoms with Crippen LogP contribution in [0.2, 0.25) is 5.02 Å². The number of oxazole rings is 1. The third-order valence-electron chi connectivity index (χ3n) is 3.88. The van der Waals surface area contributed by atoms with Gasteiger partial charge < -0.3 is 9.73 Å². The molecule has 1 N–H and O–H groups in total. The molecule has 4 aromatic rings. The largest absolute Gasteiger partial charge is 0.439 e. The van der Waals surface area contributed by atoms with E-state index in [9.17, 15) is 0 Å². The van der Waals surface area contributed by atoms with Gasteiger partial charge in [0, 0.05) is 21.7 Å². The molecule has 3 aromatic carbocycles. The van der Waals surface area contributed by atoms with Crippen molar-refractivity contribution in [1.82, 2.24) is 4.98 Å². The summed E-state index contributed by atoms with van der Waals surface area (Å²) < 4.78 is 5.83. The first kappa shape index (κ1) is 14.8. The summed E-state index contributed by atoms with van der Waals surface area (Å²) in [5.74, 6) is 1.35. The number of nitrogens with one attached hydrogen (secondary N) is 1. The topological polar surface area (TPSA) is 38.1 Å². The molecule has 24 heavy (non-hydrogen) atoms. The van der Waals surface area contributed by atoms with Gasteiger partial charge in [0.15, 0.2) is 5.76 Å². The molecular formula is C20H15ClN2O. The van der Waals surface area contributed by atoms with Gasteiger partial charge in [-0.15, -0.1) is 0 Å². The van der Waals surface area contributed by atoms with E-state index in [2.05, 4.69) is 34.6 Å². The van der Waals surface area contributed by atoms with Crippen molar-refractivity contribution in [1.29, 1.82) is 0 Å². The third kappa shape index (κ3) is 2.99. The Kier molecular flexibility index (Phi) is 3.93. The minimum Gasteiger partial charge on any atom is -0.439 e. The number of hydrogen-bond donors (Lipinski definition) is 1. The Morgan fingerprint density at radius 2 is 1.79 bits per heavy atom. The first-order chi connectivity index (χ1) is 11.8. The molecule has 118 valence electrons. The average molecular weight is 335 g/mol. The molecule has 0 aliphatic heterocycles. The molecule has 0 aliphatic rings. The molecule has 0 fully saturated rings. The standard InChI is InChI=1S/C20H15ClN2O/c21-16-8-3-7-15(11-16)19-12-23-20(24-19)13-22-18-10-4-6-14-5-1-2-9-17(14)18/h1-12,22H,13H2. The van der Waals surface area contributed by atoms with E-state index in [4.69, 9.17) is 16.0 Å². The predicted octanol–water partition coefficient (Wildman–Crippen LogP) is 5.76. The highest BCUT2D eigenvalue weighted by atomic mass is 35.5. The van der Waals surface area contributed by atoms with Crippen molar-refractivity contribution in [2.24, 2.45) is 0 Å². The first-order valence-electron chi connectivity index (χ1n) is 7.72. The summed E-state index contributed by atoms with van der Waals surface area (Å²) in [6, 6.07) is 22.0. The number of aromatic nitrogens is 1. The summed E-state index contributed by atoms with van der Waals surface area (Å²) in [5, 5.41) is 6.46. The summed E-state index contributed by atoms with van der Waals surface area (Å²) in [6.07, 6.45) is 1.73. The van der Waals surface area contributed by atoms with Crippen LogP contribution in [-0.2, 0) is 6.54 Å². The lowest BCUT2D eigenvalue weighted by atomic mass is 10.1. The third-order valence-corrected chi connectivity index (χ3v) is 4.12. The van der Waals surface area contributed by atoms with Crippen LogP contribution >= 0.6 is 11.6 Å². The van der Waals surface area contributed by atoms with Gasteiger partial charge in [0.25, 0.3) is 0 Å². The molecule has 0 saturated heterocycles. The van der Waals surface area contributed by atoms with E-state index in [0.717, 1.165) is 11.3 Å². The van der Waals surface area contributed by atoms with Crippen molar-refractivity contribution >= 4 is 28.1 Å². The Morgan fingerprint density at radius 1 is 0.958 bits per heavy atom. The van der Waals surface area contributed by atoms with Crippen LogP contribution in [0.25, 0.3) is 22.1 Å². The minimum atomic E-state index is 0.522. The zero-order valence-electron chi connectivity index (χ0n) is 12.9. The fraction of sp³-hybridized carbons (Fsp3) is 0.0500. The quantitative estimate of drug-likeness (QED) is 0.515. The molecule has 4 heteroatoms. The number of anilines is 1. The molecule has 0 radical (unpaired) electrons. The molecule has 0 unspecified atom stereocenters. The van der Waals surface area contributed by atoms with Gasteiger partial charge in [-0.1, -0.05) is 60.1 Å². The second-order valence-electron chi connectivity index (χ2n) is 5.51. The lowest BCUT2D eigenvalue weighted by Gasteiger charge is -2.07. The van der Waals surface area contributed by atoms with Crippen LogP contribution in [0, 0.1) is 0 Å². The van der Waals surface area contributed by atoms with Gasteiger partial charge in [0.1, 0.15) is 0 Å². The van der Waals surface area contributed by atoms with E-state index in [1.807, 2.05) is 42.5 Å². The highest BCUT2D eigenvalue weighted by molar-refractivity contribution is 6.30. The van der Waals surface area contributed by atoms with Gasteiger partial charge >= 0.3 is 0 Å². The zero-order valence-corrected chi connectivity index (χ0v) is 13.6. The molecule has 1 heterocycles. The maximum atomic E-state index is 6.02. The van der Waals surface area contributed by atoms with Gasteiger partial charge in [-0.2, -0.15) is 0 Å². The van der Waals surface area contributed by atoms with Crippen molar-refractivity contribution in [2.45, 2.75) is 6.54 Å². The van der Waals surface area contributed by atoms with Crippen molar-refractivity contribution in [2.75, 3.05) is 5.32 Å². The number of benzene rings is 3. The molecule has 0 atom stereocenters. The van der Waals surface area contributed by atoms with Crippen LogP contribution in [0.3, 0.4) is 0 Å². The summed E-state index contributed by atoms with van der Waals surface area (Å²) in [6.45, 7) is 0.522. The van der Waals surface area contributed by atoms with Crippen LogP contribution in [-0.4, -0.2) is 4.98 Å². The Labute approximate surface area is 144 Å². The van der Waals surface area contributed by atoms with Crippen molar-refractivity contribution < 1.29 is 4.42 Å². The van der Waals surface area contributed by atoms with Crippen molar-refractivity contribution in [3.05, 3.63) is 83.8 Å². The molecule has 4 rings (SSSR count). The van der Waals surface area contributed by atoms with Crippen LogP contribution in [0.4, 0.5) is 5.69 Å². The monoisotopic (exact) mass is 334 g/mol. The van der Waals surface area contributed by atoms with E-state index in [-0.39, 0.29) is 0 Å². The Bertz CT molecular complexity index is 988. The highest BCUT2D eigenvalue weighted by Crippen LogP contribution is 2.25. The first-order valence-corrected chi connectivity index (χ1v) is 8.10. The molecule has 0 aliphatic carbocycles. The highest BCUT2D eigenvalue weighted by Gasteiger charge is 2.07. The van der Waals surface area contributed by atoms with Crippen LogP contribution < -0.4 is 5.32 Å². The lowest BCUT2D eigenvalue weighted by molar-refractivity contribution is 0.516. The molecular weight excluding hydrogens is 320 g/mol. The van der Waals surface area contributed by atoms with E-state index in [1.54, 1.807) is 6.20 Å².